The van der Waals surface area contributed by atoms with Crippen molar-refractivity contribution in [2.75, 3.05) is 6.54 Å². The Morgan fingerprint density at radius 2 is 2.05 bits per heavy atom. The summed E-state index contributed by atoms with van der Waals surface area (Å²) < 4.78 is 0. The van der Waals surface area contributed by atoms with E-state index in [9.17, 15) is 9.59 Å². The smallest absolute Gasteiger partial charge is 0.306 e. The number of carbonyl (C=O) groups is 2. The molecule has 1 amide bonds. The molecule has 1 unspecified atom stereocenters. The Labute approximate surface area is 118 Å². The van der Waals surface area contributed by atoms with Crippen molar-refractivity contribution in [1.29, 1.82) is 0 Å². The van der Waals surface area contributed by atoms with Crippen LogP contribution in [0.4, 0.5) is 0 Å². The molecule has 1 aromatic rings. The third kappa shape index (κ3) is 4.64. The Hall–Kier alpha value is -1.92. The minimum Gasteiger partial charge on any atom is -0.481 e. The van der Waals surface area contributed by atoms with Gasteiger partial charge in [0.05, 0.1) is 5.92 Å². The molecular formula is C13H22N4O3. The molecule has 3 N–H and O–H groups in total. The number of aromatic amines is 1. The fourth-order valence-corrected chi connectivity index (χ4v) is 1.51. The minimum absolute atomic E-state index is 0.112. The second-order valence-corrected chi connectivity index (χ2v) is 5.90. The molecule has 0 spiro atoms. The number of hydrogen-bond acceptors (Lipinski definition) is 4. The van der Waals surface area contributed by atoms with Crippen LogP contribution in [0.5, 0.6) is 0 Å². The zero-order valence-electron chi connectivity index (χ0n) is 12.4. The van der Waals surface area contributed by atoms with Crippen LogP contribution in [0.2, 0.25) is 0 Å². The van der Waals surface area contributed by atoms with Crippen LogP contribution in [-0.2, 0) is 10.2 Å². The van der Waals surface area contributed by atoms with E-state index < -0.39 is 11.9 Å². The van der Waals surface area contributed by atoms with Gasteiger partial charge in [-0.3, -0.25) is 14.7 Å². The van der Waals surface area contributed by atoms with E-state index in [4.69, 9.17) is 5.11 Å². The third-order valence-electron chi connectivity index (χ3n) is 2.92. The zero-order valence-corrected chi connectivity index (χ0v) is 12.4. The molecule has 0 bridgehead atoms. The number of aliphatic carboxylic acids is 1. The van der Waals surface area contributed by atoms with Gasteiger partial charge in [-0.05, 0) is 12.8 Å². The highest BCUT2D eigenvalue weighted by molar-refractivity contribution is 5.90. The first kappa shape index (κ1) is 16.1. The number of carbonyl (C=O) groups excluding carboxylic acids is 1. The lowest BCUT2D eigenvalue weighted by Crippen LogP contribution is -2.26. The molecule has 0 aliphatic heterocycles. The van der Waals surface area contributed by atoms with Crippen molar-refractivity contribution in [3.8, 4) is 0 Å². The maximum Gasteiger partial charge on any atom is 0.306 e. The average Bonchev–Trinajstić information content (AvgIpc) is 2.83. The SMILES string of the molecule is CC(CCCNC(=O)c1n[nH]c(C(C)(C)C)n1)C(=O)O. The molecule has 1 rings (SSSR count). The van der Waals surface area contributed by atoms with Crippen LogP contribution in [0.25, 0.3) is 0 Å². The molecular weight excluding hydrogens is 260 g/mol. The van der Waals surface area contributed by atoms with Crippen LogP contribution >= 0.6 is 0 Å². The number of aromatic nitrogens is 3. The standard InChI is InChI=1S/C13H22N4O3/c1-8(11(19)20)6-5-7-14-10(18)9-15-12(17-16-9)13(2,3)4/h8H,5-7H2,1-4H3,(H,14,18)(H,19,20)(H,15,16,17). The van der Waals surface area contributed by atoms with Crippen molar-refractivity contribution >= 4 is 11.9 Å². The molecule has 0 aromatic carbocycles. The lowest BCUT2D eigenvalue weighted by Gasteiger charge is -2.12. The van der Waals surface area contributed by atoms with Crippen LogP contribution in [0, 0.1) is 5.92 Å². The molecule has 1 aromatic heterocycles. The van der Waals surface area contributed by atoms with Crippen molar-refractivity contribution in [2.24, 2.45) is 5.92 Å². The van der Waals surface area contributed by atoms with Crippen LogP contribution in [0.3, 0.4) is 0 Å². The molecule has 0 radical (unpaired) electrons. The summed E-state index contributed by atoms with van der Waals surface area (Å²) in [5.74, 6) is -0.800. The molecule has 0 fully saturated rings. The molecule has 0 saturated carbocycles. The molecule has 1 atom stereocenters. The fraction of sp³-hybridized carbons (Fsp3) is 0.692. The number of H-pyrrole nitrogens is 1. The Morgan fingerprint density at radius 3 is 2.55 bits per heavy atom. The number of amides is 1. The number of carboxylic acid groups (broad SMARTS) is 1. The normalized spacial score (nSPS) is 13.0. The van der Waals surface area contributed by atoms with Gasteiger partial charge in [-0.2, -0.15) is 0 Å². The van der Waals surface area contributed by atoms with Crippen molar-refractivity contribution in [3.05, 3.63) is 11.6 Å². The molecule has 20 heavy (non-hydrogen) atoms. The molecule has 0 aliphatic rings. The van der Waals surface area contributed by atoms with Gasteiger partial charge in [-0.1, -0.05) is 27.7 Å². The molecule has 112 valence electrons. The van der Waals surface area contributed by atoms with E-state index in [2.05, 4.69) is 20.5 Å². The second-order valence-electron chi connectivity index (χ2n) is 5.90. The number of nitrogens with one attached hydrogen (secondary N) is 2. The maximum absolute atomic E-state index is 11.8. The van der Waals surface area contributed by atoms with E-state index in [1.807, 2.05) is 20.8 Å². The summed E-state index contributed by atoms with van der Waals surface area (Å²) in [5, 5.41) is 18.1. The highest BCUT2D eigenvalue weighted by Crippen LogP contribution is 2.17. The molecule has 7 nitrogen and oxygen atoms in total. The van der Waals surface area contributed by atoms with Gasteiger partial charge < -0.3 is 10.4 Å². The molecule has 0 saturated heterocycles. The number of rotatable bonds is 6. The van der Waals surface area contributed by atoms with E-state index in [1.165, 1.54) is 0 Å². The zero-order chi connectivity index (χ0) is 15.3. The minimum atomic E-state index is -0.819. The third-order valence-corrected chi connectivity index (χ3v) is 2.92. The first-order chi connectivity index (χ1) is 9.21. The Balaban J connectivity index is 2.40. The monoisotopic (exact) mass is 282 g/mol. The molecule has 1 heterocycles. The Kier molecular flexibility index (Phi) is 5.24. The summed E-state index contributed by atoms with van der Waals surface area (Å²) >= 11 is 0. The summed E-state index contributed by atoms with van der Waals surface area (Å²) in [5.41, 5.74) is -0.192. The predicted octanol–water partition coefficient (Wildman–Crippen LogP) is 1.33. The van der Waals surface area contributed by atoms with Gasteiger partial charge in [0.1, 0.15) is 5.82 Å². The summed E-state index contributed by atoms with van der Waals surface area (Å²) in [6.45, 7) is 7.98. The van der Waals surface area contributed by atoms with Gasteiger partial charge in [0.15, 0.2) is 0 Å². The fourth-order valence-electron chi connectivity index (χ4n) is 1.51. The average molecular weight is 282 g/mol. The van der Waals surface area contributed by atoms with E-state index in [-0.39, 0.29) is 17.1 Å². The van der Waals surface area contributed by atoms with Crippen molar-refractivity contribution in [3.63, 3.8) is 0 Å². The van der Waals surface area contributed by atoms with Gasteiger partial charge in [-0.15, -0.1) is 5.10 Å². The predicted molar refractivity (Wildman–Crippen MR) is 73.4 cm³/mol. The van der Waals surface area contributed by atoms with E-state index in [1.54, 1.807) is 6.92 Å². The first-order valence-electron chi connectivity index (χ1n) is 6.65. The van der Waals surface area contributed by atoms with Gasteiger partial charge in [0.2, 0.25) is 5.82 Å². The van der Waals surface area contributed by atoms with E-state index in [0.29, 0.717) is 25.2 Å². The maximum atomic E-state index is 11.8. The Bertz CT molecular complexity index is 476. The summed E-state index contributed by atoms with van der Waals surface area (Å²) in [7, 11) is 0. The molecule has 0 aliphatic carbocycles. The van der Waals surface area contributed by atoms with Crippen LogP contribution < -0.4 is 5.32 Å². The quantitative estimate of drug-likeness (QED) is 0.682. The van der Waals surface area contributed by atoms with Gasteiger partial charge >= 0.3 is 5.97 Å². The van der Waals surface area contributed by atoms with Crippen LogP contribution in [0.1, 0.15) is 57.0 Å². The highest BCUT2D eigenvalue weighted by atomic mass is 16.4. The highest BCUT2D eigenvalue weighted by Gasteiger charge is 2.21. The number of hydrogen-bond donors (Lipinski definition) is 3. The number of nitrogens with zero attached hydrogens (tertiary/aromatic N) is 2. The van der Waals surface area contributed by atoms with Gasteiger partial charge in [0, 0.05) is 12.0 Å². The van der Waals surface area contributed by atoms with Gasteiger partial charge in [0.25, 0.3) is 5.91 Å². The first-order valence-corrected chi connectivity index (χ1v) is 6.65. The summed E-state index contributed by atoms with van der Waals surface area (Å²) in [6.07, 6.45) is 1.13. The van der Waals surface area contributed by atoms with Crippen LogP contribution in [-0.4, -0.2) is 38.7 Å². The lowest BCUT2D eigenvalue weighted by molar-refractivity contribution is -0.141. The van der Waals surface area contributed by atoms with E-state index in [0.717, 1.165) is 0 Å². The van der Waals surface area contributed by atoms with Crippen molar-refractivity contribution in [1.82, 2.24) is 20.5 Å². The van der Waals surface area contributed by atoms with Crippen molar-refractivity contribution < 1.29 is 14.7 Å². The molecule has 7 heteroatoms. The summed E-state index contributed by atoms with van der Waals surface area (Å²) in [6, 6.07) is 0. The van der Waals surface area contributed by atoms with Crippen molar-refractivity contribution in [2.45, 2.75) is 46.0 Å². The number of carboxylic acids is 1. The topological polar surface area (TPSA) is 108 Å². The second kappa shape index (κ2) is 6.49. The summed E-state index contributed by atoms with van der Waals surface area (Å²) in [4.78, 5) is 26.6. The van der Waals surface area contributed by atoms with Gasteiger partial charge in [-0.25, -0.2) is 4.98 Å². The van der Waals surface area contributed by atoms with E-state index >= 15 is 0 Å². The lowest BCUT2D eigenvalue weighted by atomic mass is 9.96. The largest absolute Gasteiger partial charge is 0.481 e. The Morgan fingerprint density at radius 1 is 1.40 bits per heavy atom. The van der Waals surface area contributed by atoms with Crippen LogP contribution in [0.15, 0.2) is 0 Å².